The van der Waals surface area contributed by atoms with Crippen molar-refractivity contribution in [3.8, 4) is 5.75 Å². The summed E-state index contributed by atoms with van der Waals surface area (Å²) in [5.74, 6) is 0.867. The molecule has 0 aliphatic rings. The maximum absolute atomic E-state index is 12.0. The number of carbonyl (C=O) groups excluding carboxylic acids is 1. The number of rotatable bonds is 7. The smallest absolute Gasteiger partial charge is 0.311 e. The first kappa shape index (κ1) is 17.3. The Kier molecular flexibility index (Phi) is 5.02. The molecule has 0 unspecified atom stereocenters. The summed E-state index contributed by atoms with van der Waals surface area (Å²) in [5, 5.41) is 13.8. The van der Waals surface area contributed by atoms with Crippen LogP contribution in [0.5, 0.6) is 5.75 Å². The summed E-state index contributed by atoms with van der Waals surface area (Å²) >= 11 is 0. The molecular weight excluding hydrogens is 340 g/mol. The molecule has 0 atom stereocenters. The minimum absolute atomic E-state index is 0.0324. The summed E-state index contributed by atoms with van der Waals surface area (Å²) in [7, 11) is 0. The van der Waals surface area contributed by atoms with Gasteiger partial charge in [0.2, 0.25) is 0 Å². The zero-order chi connectivity index (χ0) is 18.5. The zero-order valence-corrected chi connectivity index (χ0v) is 13.9. The number of benzene rings is 1. The average Bonchev–Trinajstić information content (AvgIpc) is 3.30. The third-order valence-electron chi connectivity index (χ3n) is 3.57. The number of furan rings is 2. The summed E-state index contributed by atoms with van der Waals surface area (Å²) < 4.78 is 16.0. The Morgan fingerprint density at radius 2 is 2.08 bits per heavy atom. The van der Waals surface area contributed by atoms with Gasteiger partial charge in [0.15, 0.2) is 11.5 Å². The molecule has 0 fully saturated rings. The fourth-order valence-corrected chi connectivity index (χ4v) is 2.29. The van der Waals surface area contributed by atoms with Crippen molar-refractivity contribution < 1.29 is 23.3 Å². The van der Waals surface area contributed by atoms with Crippen LogP contribution in [0.2, 0.25) is 0 Å². The van der Waals surface area contributed by atoms with Crippen LogP contribution in [0.3, 0.4) is 0 Å². The molecule has 8 nitrogen and oxygen atoms in total. The fourth-order valence-electron chi connectivity index (χ4n) is 2.29. The van der Waals surface area contributed by atoms with Crippen LogP contribution >= 0.6 is 0 Å². The maximum atomic E-state index is 12.0. The Morgan fingerprint density at radius 1 is 1.23 bits per heavy atom. The number of aryl methyl sites for hydroxylation is 1. The number of hydrogen-bond donors (Lipinski definition) is 1. The number of nitro benzene ring substituents is 1. The van der Waals surface area contributed by atoms with E-state index in [0.29, 0.717) is 11.5 Å². The number of nitrogens with zero attached hydrogens (tertiary/aromatic N) is 1. The second-order valence-corrected chi connectivity index (χ2v) is 5.54. The highest BCUT2D eigenvalue weighted by Crippen LogP contribution is 2.28. The van der Waals surface area contributed by atoms with Gasteiger partial charge in [-0.15, -0.1) is 0 Å². The third kappa shape index (κ3) is 4.10. The lowest BCUT2D eigenvalue weighted by atomic mass is 10.2. The molecule has 0 aliphatic heterocycles. The van der Waals surface area contributed by atoms with Crippen molar-refractivity contribution in [3.63, 3.8) is 0 Å². The van der Waals surface area contributed by atoms with Gasteiger partial charge < -0.3 is 18.9 Å². The number of hydrogen-bond acceptors (Lipinski definition) is 6. The van der Waals surface area contributed by atoms with E-state index in [2.05, 4.69) is 5.32 Å². The molecule has 0 radical (unpaired) electrons. The lowest BCUT2D eigenvalue weighted by molar-refractivity contribution is -0.386. The van der Waals surface area contributed by atoms with Crippen LogP contribution in [0.15, 0.2) is 57.6 Å². The lowest BCUT2D eigenvalue weighted by Crippen LogP contribution is -2.21. The Bertz CT molecular complexity index is 914. The third-order valence-corrected chi connectivity index (χ3v) is 3.57. The van der Waals surface area contributed by atoms with Crippen molar-refractivity contribution in [1.29, 1.82) is 0 Å². The standard InChI is InChI=1S/C18H16N2O6/c1-12-4-6-16(15(9-12)20(22)23)25-11-14-5-7-17(26-14)18(21)19-10-13-3-2-8-24-13/h2-9H,10-11H2,1H3,(H,19,21). The van der Waals surface area contributed by atoms with Gasteiger partial charge in [-0.1, -0.05) is 6.07 Å². The molecule has 0 spiro atoms. The fraction of sp³-hybridized carbons (Fsp3) is 0.167. The topological polar surface area (TPSA) is 108 Å². The number of nitro groups is 1. The van der Waals surface area contributed by atoms with Gasteiger partial charge in [0.05, 0.1) is 17.7 Å². The Morgan fingerprint density at radius 3 is 2.81 bits per heavy atom. The van der Waals surface area contributed by atoms with Gasteiger partial charge in [-0.2, -0.15) is 0 Å². The molecule has 134 valence electrons. The minimum atomic E-state index is -0.502. The van der Waals surface area contributed by atoms with Crippen molar-refractivity contribution in [1.82, 2.24) is 5.32 Å². The molecule has 2 heterocycles. The molecule has 3 aromatic rings. The maximum Gasteiger partial charge on any atom is 0.311 e. The number of nitrogens with one attached hydrogen (secondary N) is 1. The SMILES string of the molecule is Cc1ccc(OCc2ccc(C(=O)NCc3ccco3)o2)c([N+](=O)[O-])c1. The van der Waals surface area contributed by atoms with Crippen LogP contribution in [0.4, 0.5) is 5.69 Å². The number of ether oxygens (including phenoxy) is 1. The van der Waals surface area contributed by atoms with Gasteiger partial charge >= 0.3 is 5.69 Å². The van der Waals surface area contributed by atoms with E-state index in [1.165, 1.54) is 24.5 Å². The molecule has 8 heteroatoms. The lowest BCUT2D eigenvalue weighted by Gasteiger charge is -2.06. The van der Waals surface area contributed by atoms with Gasteiger partial charge in [0.1, 0.15) is 18.1 Å². The normalized spacial score (nSPS) is 10.5. The first-order valence-corrected chi connectivity index (χ1v) is 7.80. The first-order valence-electron chi connectivity index (χ1n) is 7.80. The summed E-state index contributed by atoms with van der Waals surface area (Å²) in [4.78, 5) is 22.6. The molecule has 3 rings (SSSR count). The molecule has 1 aromatic carbocycles. The van der Waals surface area contributed by atoms with Gasteiger partial charge in [0, 0.05) is 6.07 Å². The van der Waals surface area contributed by atoms with Gasteiger partial charge in [-0.25, -0.2) is 0 Å². The van der Waals surface area contributed by atoms with Crippen LogP contribution in [-0.4, -0.2) is 10.8 Å². The summed E-state index contributed by atoms with van der Waals surface area (Å²) in [6.07, 6.45) is 1.52. The molecule has 2 aromatic heterocycles. The first-order chi connectivity index (χ1) is 12.5. The minimum Gasteiger partial charge on any atom is -0.479 e. The number of amides is 1. The predicted octanol–water partition coefficient (Wildman–Crippen LogP) is 3.60. The Labute approximate surface area is 148 Å². The van der Waals surface area contributed by atoms with E-state index in [-0.39, 0.29) is 30.3 Å². The molecule has 0 bridgehead atoms. The highest BCUT2D eigenvalue weighted by molar-refractivity contribution is 5.91. The molecular formula is C18H16N2O6. The van der Waals surface area contributed by atoms with Crippen LogP contribution in [0.25, 0.3) is 0 Å². The van der Waals surface area contributed by atoms with E-state index in [0.717, 1.165) is 5.56 Å². The van der Waals surface area contributed by atoms with Crippen LogP contribution in [-0.2, 0) is 13.2 Å². The van der Waals surface area contributed by atoms with Crippen LogP contribution in [0, 0.1) is 17.0 Å². The van der Waals surface area contributed by atoms with Gasteiger partial charge in [-0.05, 0) is 42.8 Å². The van der Waals surface area contributed by atoms with E-state index in [1.807, 2.05) is 0 Å². The van der Waals surface area contributed by atoms with E-state index in [9.17, 15) is 14.9 Å². The Hall–Kier alpha value is -3.55. The van der Waals surface area contributed by atoms with E-state index >= 15 is 0 Å². The van der Waals surface area contributed by atoms with Gasteiger partial charge in [-0.3, -0.25) is 14.9 Å². The van der Waals surface area contributed by atoms with E-state index in [1.54, 1.807) is 31.2 Å². The molecule has 0 saturated heterocycles. The Balaban J connectivity index is 1.60. The monoisotopic (exact) mass is 356 g/mol. The van der Waals surface area contributed by atoms with Crippen molar-refractivity contribution >= 4 is 11.6 Å². The second kappa shape index (κ2) is 7.56. The molecule has 0 aliphatic carbocycles. The van der Waals surface area contributed by atoms with E-state index < -0.39 is 10.8 Å². The zero-order valence-electron chi connectivity index (χ0n) is 13.9. The predicted molar refractivity (Wildman–Crippen MR) is 90.8 cm³/mol. The van der Waals surface area contributed by atoms with Crippen LogP contribution in [0.1, 0.15) is 27.6 Å². The van der Waals surface area contributed by atoms with Gasteiger partial charge in [0.25, 0.3) is 5.91 Å². The second-order valence-electron chi connectivity index (χ2n) is 5.54. The molecule has 1 N–H and O–H groups in total. The van der Waals surface area contributed by atoms with Crippen molar-refractivity contribution in [2.45, 2.75) is 20.1 Å². The quantitative estimate of drug-likeness (QED) is 0.512. The molecule has 0 saturated carbocycles. The highest BCUT2D eigenvalue weighted by atomic mass is 16.6. The summed E-state index contributed by atoms with van der Waals surface area (Å²) in [6.45, 7) is 1.97. The summed E-state index contributed by atoms with van der Waals surface area (Å²) in [5.41, 5.74) is 0.644. The van der Waals surface area contributed by atoms with E-state index in [4.69, 9.17) is 13.6 Å². The largest absolute Gasteiger partial charge is 0.479 e. The molecule has 26 heavy (non-hydrogen) atoms. The molecule has 1 amide bonds. The summed E-state index contributed by atoms with van der Waals surface area (Å²) in [6, 6.07) is 11.3. The van der Waals surface area contributed by atoms with Crippen molar-refractivity contribution in [2.75, 3.05) is 0 Å². The highest BCUT2D eigenvalue weighted by Gasteiger charge is 2.17. The van der Waals surface area contributed by atoms with Crippen molar-refractivity contribution in [3.05, 3.63) is 81.7 Å². The number of carbonyl (C=O) groups is 1. The van der Waals surface area contributed by atoms with Crippen LogP contribution < -0.4 is 10.1 Å². The van der Waals surface area contributed by atoms with Crippen molar-refractivity contribution in [2.24, 2.45) is 0 Å². The average molecular weight is 356 g/mol.